The Balaban J connectivity index is 1.88. The van der Waals surface area contributed by atoms with Crippen LogP contribution in [-0.4, -0.2) is 53.8 Å². The fourth-order valence-electron chi connectivity index (χ4n) is 3.78. The maximum Gasteiger partial charge on any atom is 0.290 e. The van der Waals surface area contributed by atoms with Crippen LogP contribution in [0.1, 0.15) is 21.3 Å². The largest absolute Gasteiger partial charge is 0.503 e. The average Bonchev–Trinajstić information content (AvgIpc) is 3.33. The van der Waals surface area contributed by atoms with Gasteiger partial charge in [0.15, 0.2) is 5.76 Å². The Kier molecular flexibility index (Phi) is 5.22. The summed E-state index contributed by atoms with van der Waals surface area (Å²) in [5, 5.41) is 14.5. The standard InChI is InChI=1S/C23H22N2O3S/c1-24(2)12-13-25-20(17-10-5-8-15-7-3-4-9-16(15)17)19(22(27)23(25)28)21(26)18-11-6-14-29-18/h3-11,14,20,27H,12-13H2,1-2H3. The molecule has 5 nitrogen and oxygen atoms in total. The molecule has 29 heavy (non-hydrogen) atoms. The molecule has 1 N–H and O–H groups in total. The molecule has 1 atom stereocenters. The number of ketones is 1. The summed E-state index contributed by atoms with van der Waals surface area (Å²) >= 11 is 1.31. The molecule has 0 aliphatic carbocycles. The van der Waals surface area contributed by atoms with Crippen molar-refractivity contribution in [1.29, 1.82) is 0 Å². The molecule has 1 unspecified atom stereocenters. The van der Waals surface area contributed by atoms with Crippen LogP contribution in [0.15, 0.2) is 71.3 Å². The summed E-state index contributed by atoms with van der Waals surface area (Å²) in [6, 6.07) is 16.7. The second kappa shape index (κ2) is 7.81. The van der Waals surface area contributed by atoms with Gasteiger partial charge in [0.1, 0.15) is 0 Å². The molecule has 1 aliphatic rings. The van der Waals surface area contributed by atoms with E-state index in [0.29, 0.717) is 18.0 Å². The number of rotatable bonds is 6. The smallest absolute Gasteiger partial charge is 0.290 e. The van der Waals surface area contributed by atoms with Crippen molar-refractivity contribution in [3.05, 3.63) is 81.8 Å². The minimum atomic E-state index is -0.622. The van der Waals surface area contributed by atoms with Crippen LogP contribution in [0.4, 0.5) is 0 Å². The van der Waals surface area contributed by atoms with Crippen LogP contribution in [0.3, 0.4) is 0 Å². The molecule has 3 aromatic rings. The van der Waals surface area contributed by atoms with E-state index in [-0.39, 0.29) is 11.4 Å². The number of aliphatic hydroxyl groups is 1. The molecule has 148 valence electrons. The predicted octanol–water partition coefficient (Wildman–Crippen LogP) is 4.04. The van der Waals surface area contributed by atoms with Gasteiger partial charge in [-0.15, -0.1) is 11.3 Å². The molecule has 1 aliphatic heterocycles. The van der Waals surface area contributed by atoms with Crippen molar-refractivity contribution in [2.24, 2.45) is 0 Å². The molecule has 2 aromatic carbocycles. The number of amides is 1. The van der Waals surface area contributed by atoms with Gasteiger partial charge in [0, 0.05) is 13.1 Å². The summed E-state index contributed by atoms with van der Waals surface area (Å²) in [7, 11) is 3.86. The maximum absolute atomic E-state index is 13.3. The molecule has 0 radical (unpaired) electrons. The molecule has 0 spiro atoms. The number of benzene rings is 2. The molecule has 6 heteroatoms. The van der Waals surface area contributed by atoms with E-state index >= 15 is 0 Å². The SMILES string of the molecule is CN(C)CCN1C(=O)C(O)=C(C(=O)c2cccs2)C1c1cccc2ccccc12. The van der Waals surface area contributed by atoms with Crippen LogP contribution < -0.4 is 0 Å². The third-order valence-corrected chi connectivity index (χ3v) is 6.07. The highest BCUT2D eigenvalue weighted by atomic mass is 32.1. The minimum Gasteiger partial charge on any atom is -0.503 e. The number of carbonyl (C=O) groups is 2. The number of likely N-dealkylation sites (N-methyl/N-ethyl adjacent to an activating group) is 1. The lowest BCUT2D eigenvalue weighted by atomic mass is 9.91. The molecule has 0 saturated carbocycles. The molecule has 2 heterocycles. The fraction of sp³-hybridized carbons (Fsp3) is 0.217. The van der Waals surface area contributed by atoms with E-state index in [1.807, 2.05) is 66.8 Å². The normalized spacial score (nSPS) is 17.0. The van der Waals surface area contributed by atoms with Crippen molar-refractivity contribution >= 4 is 33.8 Å². The highest BCUT2D eigenvalue weighted by Gasteiger charge is 2.44. The molecular weight excluding hydrogens is 384 g/mol. The zero-order valence-electron chi connectivity index (χ0n) is 16.3. The van der Waals surface area contributed by atoms with E-state index in [1.54, 1.807) is 17.0 Å². The zero-order valence-corrected chi connectivity index (χ0v) is 17.1. The number of hydrogen-bond acceptors (Lipinski definition) is 5. The highest BCUT2D eigenvalue weighted by molar-refractivity contribution is 7.12. The Morgan fingerprint density at radius 3 is 2.59 bits per heavy atom. The lowest BCUT2D eigenvalue weighted by Gasteiger charge is -2.28. The third-order valence-electron chi connectivity index (χ3n) is 5.20. The van der Waals surface area contributed by atoms with Gasteiger partial charge < -0.3 is 14.9 Å². The van der Waals surface area contributed by atoms with Gasteiger partial charge >= 0.3 is 0 Å². The van der Waals surface area contributed by atoms with Crippen molar-refractivity contribution < 1.29 is 14.7 Å². The summed E-state index contributed by atoms with van der Waals surface area (Å²) in [5.74, 6) is -1.24. The lowest BCUT2D eigenvalue weighted by molar-refractivity contribution is -0.129. The maximum atomic E-state index is 13.3. The van der Waals surface area contributed by atoms with Gasteiger partial charge in [-0.1, -0.05) is 48.5 Å². The molecule has 0 fully saturated rings. The molecule has 0 saturated heterocycles. The van der Waals surface area contributed by atoms with Crippen molar-refractivity contribution in [3.8, 4) is 0 Å². The quantitative estimate of drug-likeness (QED) is 0.628. The van der Waals surface area contributed by atoms with E-state index in [1.165, 1.54) is 11.3 Å². The average molecular weight is 407 g/mol. The number of thiophene rings is 1. The summed E-state index contributed by atoms with van der Waals surface area (Å²) < 4.78 is 0. The van der Waals surface area contributed by atoms with Gasteiger partial charge in [-0.05, 0) is 41.9 Å². The number of nitrogens with zero attached hydrogens (tertiary/aromatic N) is 2. The van der Waals surface area contributed by atoms with E-state index in [9.17, 15) is 14.7 Å². The van der Waals surface area contributed by atoms with Crippen molar-refractivity contribution in [2.75, 3.05) is 27.2 Å². The van der Waals surface area contributed by atoms with Gasteiger partial charge in [0.05, 0.1) is 16.5 Å². The van der Waals surface area contributed by atoms with Crippen LogP contribution in [-0.2, 0) is 4.79 Å². The summed E-state index contributed by atoms with van der Waals surface area (Å²) in [6.45, 7) is 1.03. The molecule has 0 bridgehead atoms. The van der Waals surface area contributed by atoms with Crippen molar-refractivity contribution in [1.82, 2.24) is 9.80 Å². The van der Waals surface area contributed by atoms with E-state index in [4.69, 9.17) is 0 Å². The minimum absolute atomic E-state index is 0.160. The van der Waals surface area contributed by atoms with E-state index in [2.05, 4.69) is 0 Å². The number of fused-ring (bicyclic) bond motifs is 1. The van der Waals surface area contributed by atoms with Crippen molar-refractivity contribution in [2.45, 2.75) is 6.04 Å². The Hall–Kier alpha value is -2.96. The Bertz CT molecular complexity index is 1100. The molecule has 1 aromatic heterocycles. The van der Waals surface area contributed by atoms with Gasteiger partial charge in [-0.3, -0.25) is 9.59 Å². The number of aliphatic hydroxyl groups excluding tert-OH is 1. The Morgan fingerprint density at radius 2 is 1.86 bits per heavy atom. The highest BCUT2D eigenvalue weighted by Crippen LogP contribution is 2.41. The summed E-state index contributed by atoms with van der Waals surface area (Å²) in [5.41, 5.74) is 1.01. The van der Waals surface area contributed by atoms with Crippen LogP contribution in [0.2, 0.25) is 0 Å². The number of hydrogen-bond donors (Lipinski definition) is 1. The van der Waals surface area contributed by atoms with Gasteiger partial charge in [0.25, 0.3) is 5.91 Å². The van der Waals surface area contributed by atoms with Crippen LogP contribution in [0.25, 0.3) is 10.8 Å². The monoisotopic (exact) mass is 406 g/mol. The van der Waals surface area contributed by atoms with Crippen LogP contribution >= 0.6 is 11.3 Å². The topological polar surface area (TPSA) is 60.9 Å². The van der Waals surface area contributed by atoms with Crippen LogP contribution in [0, 0.1) is 0 Å². The van der Waals surface area contributed by atoms with Gasteiger partial charge in [0.2, 0.25) is 5.78 Å². The zero-order chi connectivity index (χ0) is 20.5. The van der Waals surface area contributed by atoms with E-state index < -0.39 is 17.7 Å². The first kappa shape index (κ1) is 19.4. The first-order chi connectivity index (χ1) is 14.0. The summed E-state index contributed by atoms with van der Waals surface area (Å²) in [4.78, 5) is 30.3. The third kappa shape index (κ3) is 3.45. The van der Waals surface area contributed by atoms with Gasteiger partial charge in [-0.25, -0.2) is 0 Å². The number of carbonyl (C=O) groups excluding carboxylic acids is 2. The molecule has 1 amide bonds. The van der Waals surface area contributed by atoms with Crippen molar-refractivity contribution in [3.63, 3.8) is 0 Å². The van der Waals surface area contributed by atoms with Gasteiger partial charge in [-0.2, -0.15) is 0 Å². The molecular formula is C23H22N2O3S. The Labute approximate surface area is 173 Å². The summed E-state index contributed by atoms with van der Waals surface area (Å²) in [6.07, 6.45) is 0. The fourth-order valence-corrected chi connectivity index (χ4v) is 4.45. The first-order valence-electron chi connectivity index (χ1n) is 9.43. The van der Waals surface area contributed by atoms with E-state index in [0.717, 1.165) is 16.3 Å². The second-order valence-electron chi connectivity index (χ2n) is 7.34. The predicted molar refractivity (Wildman–Crippen MR) is 115 cm³/mol. The second-order valence-corrected chi connectivity index (χ2v) is 8.29. The Morgan fingerprint density at radius 1 is 1.10 bits per heavy atom. The lowest BCUT2D eigenvalue weighted by Crippen LogP contribution is -2.36. The van der Waals surface area contributed by atoms with Crippen LogP contribution in [0.5, 0.6) is 0 Å². The first-order valence-corrected chi connectivity index (χ1v) is 10.3. The molecule has 4 rings (SSSR count). The number of Topliss-reactive ketones (excluding diaryl/α,β-unsaturated/α-hetero) is 1.